The van der Waals surface area contributed by atoms with E-state index in [-0.39, 0.29) is 6.10 Å². The van der Waals surface area contributed by atoms with Crippen LogP contribution in [0.2, 0.25) is 0 Å². The Morgan fingerprint density at radius 2 is 2.24 bits per heavy atom. The van der Waals surface area contributed by atoms with E-state index in [1.807, 2.05) is 22.8 Å². The van der Waals surface area contributed by atoms with E-state index in [4.69, 9.17) is 14.7 Å². The highest BCUT2D eigenvalue weighted by Gasteiger charge is 2.27. The molecule has 1 aromatic carbocycles. The smallest absolute Gasteiger partial charge is 0.297 e. The lowest BCUT2D eigenvalue weighted by Gasteiger charge is -2.12. The molecule has 4 rings (SSSR count). The molecular formula is C19H18N4O2. The fourth-order valence-corrected chi connectivity index (χ4v) is 2.93. The van der Waals surface area contributed by atoms with Gasteiger partial charge in [-0.25, -0.2) is 0 Å². The zero-order chi connectivity index (χ0) is 17.4. The Hall–Kier alpha value is -3.07. The Labute approximate surface area is 145 Å². The maximum atomic E-state index is 8.97. The largest absolute Gasteiger partial charge is 0.488 e. The summed E-state index contributed by atoms with van der Waals surface area (Å²) in [6.07, 6.45) is 1.66. The third kappa shape index (κ3) is 2.89. The van der Waals surface area contributed by atoms with Crippen LogP contribution in [0.5, 0.6) is 11.8 Å². The van der Waals surface area contributed by atoms with E-state index in [0.717, 1.165) is 22.5 Å². The molecule has 0 saturated carbocycles. The Morgan fingerprint density at radius 3 is 2.96 bits per heavy atom. The van der Waals surface area contributed by atoms with Crippen molar-refractivity contribution in [1.82, 2.24) is 14.5 Å². The zero-order valence-corrected chi connectivity index (χ0v) is 14.1. The first-order chi connectivity index (χ1) is 12.1. The van der Waals surface area contributed by atoms with Gasteiger partial charge in [-0.15, -0.1) is 0 Å². The summed E-state index contributed by atoms with van der Waals surface area (Å²) in [6, 6.07) is 12.1. The molecule has 3 aromatic rings. The van der Waals surface area contributed by atoms with Crippen LogP contribution in [0.25, 0.3) is 11.0 Å². The average Bonchev–Trinajstić information content (AvgIpc) is 3.16. The Morgan fingerprint density at radius 1 is 1.36 bits per heavy atom. The lowest BCUT2D eigenvalue weighted by atomic mass is 10.1. The molecule has 0 N–H and O–H groups in total. The second kappa shape index (κ2) is 6.10. The lowest BCUT2D eigenvalue weighted by Crippen LogP contribution is -2.23. The summed E-state index contributed by atoms with van der Waals surface area (Å²) in [5, 5.41) is 8.97. The predicted molar refractivity (Wildman–Crippen MR) is 92.7 cm³/mol. The van der Waals surface area contributed by atoms with Crippen molar-refractivity contribution in [3.05, 3.63) is 47.8 Å². The number of nitrogens with zero attached hydrogens (tertiary/aromatic N) is 4. The van der Waals surface area contributed by atoms with Crippen molar-refractivity contribution in [2.45, 2.75) is 32.4 Å². The van der Waals surface area contributed by atoms with Crippen molar-refractivity contribution in [1.29, 1.82) is 5.26 Å². The number of aromatic nitrogens is 3. The van der Waals surface area contributed by atoms with Gasteiger partial charge in [0.15, 0.2) is 6.10 Å². The molecule has 126 valence electrons. The number of pyridine rings is 1. The summed E-state index contributed by atoms with van der Waals surface area (Å²) in [6.45, 7) is 5.33. The van der Waals surface area contributed by atoms with Crippen LogP contribution < -0.4 is 9.47 Å². The minimum absolute atomic E-state index is 0.0904. The number of rotatable bonds is 4. The molecular weight excluding hydrogens is 316 g/mol. The summed E-state index contributed by atoms with van der Waals surface area (Å²) >= 11 is 0. The standard InChI is InChI=1S/C19H18N4O2/c1-12(2)16-5-4-14(9-21-16)24-11-15-10-23-18-6-3-13(8-20)7-17(18)22-19(23)25-15/h3-7,9,12,15H,10-11H2,1-2H3/t15-/m0/s1. The maximum Gasteiger partial charge on any atom is 0.297 e. The van der Waals surface area contributed by atoms with Crippen LogP contribution in [0.15, 0.2) is 36.5 Å². The Balaban J connectivity index is 1.43. The minimum Gasteiger partial charge on any atom is -0.488 e. The van der Waals surface area contributed by atoms with Crippen LogP contribution in [0.3, 0.4) is 0 Å². The van der Waals surface area contributed by atoms with Gasteiger partial charge >= 0.3 is 0 Å². The average molecular weight is 334 g/mol. The Bertz CT molecular complexity index is 954. The Kier molecular flexibility index (Phi) is 3.77. The molecule has 0 spiro atoms. The summed E-state index contributed by atoms with van der Waals surface area (Å²) in [5.41, 5.74) is 3.40. The van der Waals surface area contributed by atoms with Crippen LogP contribution >= 0.6 is 0 Å². The first kappa shape index (κ1) is 15.5. The number of imidazole rings is 1. The molecule has 2 aromatic heterocycles. The van der Waals surface area contributed by atoms with Crippen LogP contribution in [0, 0.1) is 11.3 Å². The molecule has 6 nitrogen and oxygen atoms in total. The van der Waals surface area contributed by atoms with E-state index in [2.05, 4.69) is 29.9 Å². The molecule has 25 heavy (non-hydrogen) atoms. The molecule has 0 saturated heterocycles. The third-order valence-electron chi connectivity index (χ3n) is 4.29. The predicted octanol–water partition coefficient (Wildman–Crippen LogP) is 3.27. The first-order valence-corrected chi connectivity index (χ1v) is 8.30. The van der Waals surface area contributed by atoms with Crippen LogP contribution in [-0.4, -0.2) is 27.2 Å². The summed E-state index contributed by atoms with van der Waals surface area (Å²) in [7, 11) is 0. The van der Waals surface area contributed by atoms with Gasteiger partial charge < -0.3 is 9.47 Å². The first-order valence-electron chi connectivity index (χ1n) is 8.30. The van der Waals surface area contributed by atoms with Gasteiger partial charge in [0.1, 0.15) is 12.4 Å². The molecule has 1 atom stereocenters. The van der Waals surface area contributed by atoms with E-state index in [9.17, 15) is 0 Å². The van der Waals surface area contributed by atoms with E-state index < -0.39 is 0 Å². The van der Waals surface area contributed by atoms with Gasteiger partial charge in [-0.05, 0) is 36.2 Å². The minimum atomic E-state index is -0.0904. The monoisotopic (exact) mass is 334 g/mol. The summed E-state index contributed by atoms with van der Waals surface area (Å²) < 4.78 is 13.7. The van der Waals surface area contributed by atoms with Gasteiger partial charge in [0.2, 0.25) is 0 Å². The second-order valence-corrected chi connectivity index (χ2v) is 6.44. The zero-order valence-electron chi connectivity index (χ0n) is 14.1. The molecule has 6 heteroatoms. The quantitative estimate of drug-likeness (QED) is 0.732. The van der Waals surface area contributed by atoms with Crippen molar-refractivity contribution < 1.29 is 9.47 Å². The maximum absolute atomic E-state index is 8.97. The molecule has 0 bridgehead atoms. The van der Waals surface area contributed by atoms with Gasteiger partial charge in [0.25, 0.3) is 6.01 Å². The highest BCUT2D eigenvalue weighted by molar-refractivity contribution is 5.78. The molecule has 0 radical (unpaired) electrons. The van der Waals surface area contributed by atoms with Crippen LogP contribution in [0.4, 0.5) is 0 Å². The number of fused-ring (bicyclic) bond motifs is 3. The number of benzene rings is 1. The van der Waals surface area contributed by atoms with E-state index in [1.165, 1.54) is 0 Å². The molecule has 1 aliphatic rings. The van der Waals surface area contributed by atoms with Crippen molar-refractivity contribution in [2.24, 2.45) is 0 Å². The van der Waals surface area contributed by atoms with Gasteiger partial charge in [-0.3, -0.25) is 9.55 Å². The van der Waals surface area contributed by atoms with E-state index >= 15 is 0 Å². The SMILES string of the molecule is CC(C)c1ccc(OC[C@@H]2Cn3c(nc4cc(C#N)ccc43)O2)cn1. The highest BCUT2D eigenvalue weighted by atomic mass is 16.6. The fraction of sp³-hybridized carbons (Fsp3) is 0.316. The van der Waals surface area contributed by atoms with Gasteiger partial charge in [0, 0.05) is 5.69 Å². The van der Waals surface area contributed by atoms with Crippen LogP contribution in [0.1, 0.15) is 31.0 Å². The summed E-state index contributed by atoms with van der Waals surface area (Å²) in [4.78, 5) is 8.86. The topological polar surface area (TPSA) is 73.0 Å². The normalized spacial score (nSPS) is 15.8. The molecule has 3 heterocycles. The van der Waals surface area contributed by atoms with Crippen molar-refractivity contribution in [2.75, 3.05) is 6.61 Å². The number of hydrogen-bond acceptors (Lipinski definition) is 5. The second-order valence-electron chi connectivity index (χ2n) is 6.44. The molecule has 0 aliphatic carbocycles. The van der Waals surface area contributed by atoms with Crippen LogP contribution in [-0.2, 0) is 6.54 Å². The molecule has 1 aliphatic heterocycles. The van der Waals surface area contributed by atoms with Gasteiger partial charge in [-0.2, -0.15) is 10.2 Å². The number of ether oxygens (including phenoxy) is 2. The molecule has 0 unspecified atom stereocenters. The lowest BCUT2D eigenvalue weighted by molar-refractivity contribution is 0.143. The van der Waals surface area contributed by atoms with E-state index in [0.29, 0.717) is 30.6 Å². The number of hydrogen-bond donors (Lipinski definition) is 0. The third-order valence-corrected chi connectivity index (χ3v) is 4.29. The number of nitriles is 1. The highest BCUT2D eigenvalue weighted by Crippen LogP contribution is 2.28. The van der Waals surface area contributed by atoms with Crippen molar-refractivity contribution in [3.63, 3.8) is 0 Å². The van der Waals surface area contributed by atoms with E-state index in [1.54, 1.807) is 18.3 Å². The molecule has 0 amide bonds. The van der Waals surface area contributed by atoms with Gasteiger partial charge in [0.05, 0.1) is 35.4 Å². The molecule has 0 fully saturated rings. The van der Waals surface area contributed by atoms with Crippen molar-refractivity contribution >= 4 is 11.0 Å². The van der Waals surface area contributed by atoms with Crippen molar-refractivity contribution in [3.8, 4) is 17.8 Å². The summed E-state index contributed by atoms with van der Waals surface area (Å²) in [5.74, 6) is 1.14. The fourth-order valence-electron chi connectivity index (χ4n) is 2.93. The van der Waals surface area contributed by atoms with Gasteiger partial charge in [-0.1, -0.05) is 13.8 Å².